The monoisotopic (exact) mass is 181 g/mol. The van der Waals surface area contributed by atoms with Gasteiger partial charge in [-0.05, 0) is 20.4 Å². The molecule has 0 saturated carbocycles. The van der Waals surface area contributed by atoms with Crippen molar-refractivity contribution in [1.29, 1.82) is 0 Å². The molecule has 13 heavy (non-hydrogen) atoms. The van der Waals surface area contributed by atoms with Crippen LogP contribution in [0.2, 0.25) is 0 Å². The minimum Gasteiger partial charge on any atom is -0.391 e. The van der Waals surface area contributed by atoms with E-state index in [0.717, 1.165) is 6.42 Å². The van der Waals surface area contributed by atoms with E-state index in [1.807, 2.05) is 26.1 Å². The van der Waals surface area contributed by atoms with E-state index in [2.05, 4.69) is 24.4 Å². The molecule has 2 heteroatoms. The Balaban J connectivity index is 2.69. The van der Waals surface area contributed by atoms with Gasteiger partial charge in [0.2, 0.25) is 0 Å². The standard InChI is InChI=1S/C11H19NO/c1-9(12-3)10(13)11(2)7-5-4-6-8-11/h4-7,9-10,12-13H,8H2,1-3H3. The molecule has 0 fully saturated rings. The van der Waals surface area contributed by atoms with Gasteiger partial charge in [-0.1, -0.05) is 31.2 Å². The summed E-state index contributed by atoms with van der Waals surface area (Å²) in [6, 6.07) is 0.126. The number of aliphatic hydroxyl groups is 1. The molecule has 0 bridgehead atoms. The minimum atomic E-state index is -0.335. The van der Waals surface area contributed by atoms with Gasteiger partial charge in [0.15, 0.2) is 0 Å². The van der Waals surface area contributed by atoms with E-state index in [4.69, 9.17) is 0 Å². The summed E-state index contributed by atoms with van der Waals surface area (Å²) in [7, 11) is 1.87. The fourth-order valence-corrected chi connectivity index (χ4v) is 1.69. The third-order valence-electron chi connectivity index (χ3n) is 2.89. The zero-order valence-corrected chi connectivity index (χ0v) is 8.62. The van der Waals surface area contributed by atoms with Gasteiger partial charge in [-0.2, -0.15) is 0 Å². The lowest BCUT2D eigenvalue weighted by Gasteiger charge is -2.35. The molecular formula is C11H19NO. The van der Waals surface area contributed by atoms with Gasteiger partial charge in [-0.25, -0.2) is 0 Å². The Labute approximate surface area is 80.3 Å². The maximum atomic E-state index is 10.1. The van der Waals surface area contributed by atoms with Gasteiger partial charge in [-0.3, -0.25) is 0 Å². The number of hydrogen-bond acceptors (Lipinski definition) is 2. The SMILES string of the molecule is CNC(C)C(O)C1(C)C=CC=CC1. The Bertz CT molecular complexity index is 222. The maximum Gasteiger partial charge on any atom is 0.0781 e. The van der Waals surface area contributed by atoms with Crippen LogP contribution in [0, 0.1) is 5.41 Å². The molecule has 0 aliphatic heterocycles. The van der Waals surface area contributed by atoms with Crippen LogP contribution >= 0.6 is 0 Å². The van der Waals surface area contributed by atoms with Crippen LogP contribution in [0.5, 0.6) is 0 Å². The normalized spacial score (nSPS) is 31.7. The van der Waals surface area contributed by atoms with Gasteiger partial charge in [-0.15, -0.1) is 0 Å². The Hall–Kier alpha value is -0.600. The summed E-state index contributed by atoms with van der Waals surface area (Å²) < 4.78 is 0. The molecule has 0 saturated heterocycles. The molecule has 0 aromatic heterocycles. The number of nitrogens with one attached hydrogen (secondary N) is 1. The van der Waals surface area contributed by atoms with Crippen molar-refractivity contribution in [2.75, 3.05) is 7.05 Å². The number of likely N-dealkylation sites (N-methyl/N-ethyl adjacent to an activating group) is 1. The number of rotatable bonds is 3. The number of hydrogen-bond donors (Lipinski definition) is 2. The van der Waals surface area contributed by atoms with Crippen LogP contribution < -0.4 is 5.32 Å². The van der Waals surface area contributed by atoms with E-state index in [1.165, 1.54) is 0 Å². The van der Waals surface area contributed by atoms with Crippen molar-refractivity contribution >= 4 is 0 Å². The third-order valence-corrected chi connectivity index (χ3v) is 2.89. The minimum absolute atomic E-state index is 0.114. The Morgan fingerprint density at radius 2 is 2.15 bits per heavy atom. The van der Waals surface area contributed by atoms with Crippen LogP contribution in [0.25, 0.3) is 0 Å². The van der Waals surface area contributed by atoms with Crippen molar-refractivity contribution < 1.29 is 5.11 Å². The van der Waals surface area contributed by atoms with Gasteiger partial charge in [0, 0.05) is 11.5 Å². The van der Waals surface area contributed by atoms with Crippen molar-refractivity contribution in [2.45, 2.75) is 32.4 Å². The second kappa shape index (κ2) is 4.07. The topological polar surface area (TPSA) is 32.3 Å². The molecule has 3 unspecified atom stereocenters. The molecule has 0 aromatic carbocycles. The summed E-state index contributed by atoms with van der Waals surface area (Å²) in [5.74, 6) is 0. The highest BCUT2D eigenvalue weighted by molar-refractivity contribution is 5.18. The predicted octanol–water partition coefficient (Wildman–Crippen LogP) is 1.48. The van der Waals surface area contributed by atoms with Crippen LogP contribution in [-0.4, -0.2) is 24.3 Å². The van der Waals surface area contributed by atoms with E-state index < -0.39 is 0 Å². The zero-order chi connectivity index (χ0) is 9.90. The summed E-state index contributed by atoms with van der Waals surface area (Å²) >= 11 is 0. The van der Waals surface area contributed by atoms with Crippen molar-refractivity contribution in [1.82, 2.24) is 5.32 Å². The number of aliphatic hydroxyl groups excluding tert-OH is 1. The average molecular weight is 181 g/mol. The molecule has 0 radical (unpaired) electrons. The fraction of sp³-hybridized carbons (Fsp3) is 0.636. The summed E-state index contributed by atoms with van der Waals surface area (Å²) in [6.45, 7) is 4.09. The van der Waals surface area contributed by atoms with E-state index >= 15 is 0 Å². The average Bonchev–Trinajstić information content (AvgIpc) is 2.16. The molecular weight excluding hydrogens is 162 g/mol. The molecule has 3 atom stereocenters. The van der Waals surface area contributed by atoms with Crippen LogP contribution in [0.15, 0.2) is 24.3 Å². The molecule has 1 rings (SSSR count). The molecule has 74 valence electrons. The second-order valence-corrected chi connectivity index (χ2v) is 4.02. The first-order valence-electron chi connectivity index (χ1n) is 4.80. The molecule has 1 aliphatic carbocycles. The molecule has 0 spiro atoms. The highest BCUT2D eigenvalue weighted by Crippen LogP contribution is 2.32. The summed E-state index contributed by atoms with van der Waals surface area (Å²) in [6.07, 6.45) is 8.81. The van der Waals surface area contributed by atoms with Crippen LogP contribution in [0.1, 0.15) is 20.3 Å². The first-order valence-corrected chi connectivity index (χ1v) is 4.80. The van der Waals surface area contributed by atoms with Crippen molar-refractivity contribution in [3.63, 3.8) is 0 Å². The Kier molecular flexibility index (Phi) is 3.28. The van der Waals surface area contributed by atoms with Gasteiger partial charge >= 0.3 is 0 Å². The highest BCUT2D eigenvalue weighted by atomic mass is 16.3. The lowest BCUT2D eigenvalue weighted by molar-refractivity contribution is 0.0440. The van der Waals surface area contributed by atoms with Crippen molar-refractivity contribution in [3.8, 4) is 0 Å². The summed E-state index contributed by atoms with van der Waals surface area (Å²) in [5, 5.41) is 13.1. The zero-order valence-electron chi connectivity index (χ0n) is 8.62. The van der Waals surface area contributed by atoms with Gasteiger partial charge < -0.3 is 10.4 Å². The quantitative estimate of drug-likeness (QED) is 0.691. The Morgan fingerprint density at radius 1 is 1.46 bits per heavy atom. The highest BCUT2D eigenvalue weighted by Gasteiger charge is 2.33. The van der Waals surface area contributed by atoms with Crippen molar-refractivity contribution in [2.24, 2.45) is 5.41 Å². The van der Waals surface area contributed by atoms with E-state index in [1.54, 1.807) is 0 Å². The van der Waals surface area contributed by atoms with Crippen molar-refractivity contribution in [3.05, 3.63) is 24.3 Å². The van der Waals surface area contributed by atoms with Gasteiger partial charge in [0.1, 0.15) is 0 Å². The molecule has 2 nitrogen and oxygen atoms in total. The first kappa shape index (κ1) is 10.5. The van der Waals surface area contributed by atoms with E-state index in [-0.39, 0.29) is 17.6 Å². The summed E-state index contributed by atoms with van der Waals surface area (Å²) in [5.41, 5.74) is -0.114. The summed E-state index contributed by atoms with van der Waals surface area (Å²) in [4.78, 5) is 0. The van der Waals surface area contributed by atoms with Crippen LogP contribution in [0.4, 0.5) is 0 Å². The Morgan fingerprint density at radius 3 is 2.62 bits per heavy atom. The lowest BCUT2D eigenvalue weighted by atomic mass is 9.76. The second-order valence-electron chi connectivity index (χ2n) is 4.02. The van der Waals surface area contributed by atoms with E-state index in [9.17, 15) is 5.11 Å². The van der Waals surface area contributed by atoms with E-state index in [0.29, 0.717) is 0 Å². The van der Waals surface area contributed by atoms with Gasteiger partial charge in [0.05, 0.1) is 6.10 Å². The first-order chi connectivity index (χ1) is 6.10. The van der Waals surface area contributed by atoms with Crippen LogP contribution in [0.3, 0.4) is 0 Å². The molecule has 0 heterocycles. The molecule has 1 aliphatic rings. The third kappa shape index (κ3) is 2.20. The lowest BCUT2D eigenvalue weighted by Crippen LogP contribution is -2.45. The maximum absolute atomic E-state index is 10.1. The van der Waals surface area contributed by atoms with Crippen LogP contribution in [-0.2, 0) is 0 Å². The molecule has 0 aromatic rings. The predicted molar refractivity (Wildman–Crippen MR) is 55.5 cm³/mol. The largest absolute Gasteiger partial charge is 0.391 e. The fourth-order valence-electron chi connectivity index (χ4n) is 1.69. The molecule has 2 N–H and O–H groups in total. The number of allylic oxidation sites excluding steroid dienone is 3. The smallest absolute Gasteiger partial charge is 0.0781 e. The van der Waals surface area contributed by atoms with Gasteiger partial charge in [0.25, 0.3) is 0 Å². The molecule has 0 amide bonds.